The van der Waals surface area contributed by atoms with Crippen molar-refractivity contribution in [3.63, 3.8) is 0 Å². The molecule has 4 N–H and O–H groups in total. The number of fused-ring (bicyclic) bond motifs is 2. The Morgan fingerprint density at radius 1 is 1.04 bits per heavy atom. The second kappa shape index (κ2) is 14.4. The number of ether oxygens (including phenoxy) is 1. The number of carbonyl (C=O) groups is 3. The van der Waals surface area contributed by atoms with Crippen LogP contribution >= 0.6 is 0 Å². The van der Waals surface area contributed by atoms with E-state index in [4.69, 9.17) is 10.6 Å². The van der Waals surface area contributed by atoms with Gasteiger partial charge >= 0.3 is 0 Å². The number of carbonyl (C=O) groups excluding carboxylic acids is 3. The molecule has 3 aliphatic rings. The van der Waals surface area contributed by atoms with Crippen molar-refractivity contribution in [2.75, 3.05) is 63.1 Å². The van der Waals surface area contributed by atoms with Crippen LogP contribution in [0.2, 0.25) is 0 Å². The lowest BCUT2D eigenvalue weighted by Crippen LogP contribution is -2.49. The fraction of sp³-hybridized carbons (Fsp3) is 0.297. The van der Waals surface area contributed by atoms with Crippen molar-refractivity contribution in [2.45, 2.75) is 19.3 Å². The van der Waals surface area contributed by atoms with Gasteiger partial charge in [0.2, 0.25) is 11.8 Å². The number of methoxy groups -OCH3 is 1. The van der Waals surface area contributed by atoms with E-state index in [0.29, 0.717) is 72.8 Å². The number of para-hydroxylation sites is 1. The van der Waals surface area contributed by atoms with Crippen LogP contribution in [0.25, 0.3) is 27.6 Å². The number of hydrogen-bond acceptors (Lipinski definition) is 9. The van der Waals surface area contributed by atoms with Crippen molar-refractivity contribution < 1.29 is 23.5 Å². The number of halogens is 1. The summed E-state index contributed by atoms with van der Waals surface area (Å²) >= 11 is 0. The Morgan fingerprint density at radius 3 is 2.67 bits per heavy atom. The number of hydrogen-bond donors (Lipinski definition) is 3. The fourth-order valence-electron chi connectivity index (χ4n) is 7.05. The molecule has 2 aromatic heterocycles. The average molecular weight is 692 g/mol. The van der Waals surface area contributed by atoms with Gasteiger partial charge in [-0.3, -0.25) is 19.4 Å². The Balaban J connectivity index is 1.17. The number of piperazine rings is 1. The molecule has 13 nitrogen and oxygen atoms in total. The number of nitrogens with zero attached hydrogens (tertiary/aromatic N) is 6. The second-order valence-corrected chi connectivity index (χ2v) is 12.6. The number of nitrogens with two attached hydrogens (primary N) is 1. The van der Waals surface area contributed by atoms with Gasteiger partial charge in [0.15, 0.2) is 5.82 Å². The summed E-state index contributed by atoms with van der Waals surface area (Å²) in [5.41, 5.74) is 4.78. The standard InChI is InChI=1S/C37H38FN9O4/c1-51-31-7-3-2-6-24(31)26-19-25(23-5-4-14-47(22-23)33(49)9-10-40-12-13-42-39)34(38)35-27(26)20-29(43-35)37(50)46-17-15-45(16-18-46)30-8-11-41-36-28(30)21-32(48)44-36/h2-3,5-8,11-13,19-20,43H,4,9-10,14-18,21-22,39H2,1H3,(H,41,44,48)/b40-12?,42-13-. The van der Waals surface area contributed by atoms with Gasteiger partial charge in [0.25, 0.3) is 5.91 Å². The highest BCUT2D eigenvalue weighted by atomic mass is 19.1. The van der Waals surface area contributed by atoms with Crippen LogP contribution in [0.1, 0.15) is 34.5 Å². The van der Waals surface area contributed by atoms with E-state index < -0.39 is 5.82 Å². The summed E-state index contributed by atoms with van der Waals surface area (Å²) in [6.45, 7) is 3.08. The predicted octanol–water partition coefficient (Wildman–Crippen LogP) is 3.86. The zero-order valence-electron chi connectivity index (χ0n) is 28.2. The summed E-state index contributed by atoms with van der Waals surface area (Å²) in [5.74, 6) is 5.39. The number of aromatic nitrogens is 2. The highest BCUT2D eigenvalue weighted by molar-refractivity contribution is 6.15. The van der Waals surface area contributed by atoms with Crippen LogP contribution in [-0.4, -0.2) is 103 Å². The van der Waals surface area contributed by atoms with Crippen LogP contribution in [0.4, 0.5) is 15.9 Å². The van der Waals surface area contributed by atoms with Crippen LogP contribution in [0.15, 0.2) is 64.8 Å². The Bertz CT molecular complexity index is 2100. The molecule has 7 rings (SSSR count). The van der Waals surface area contributed by atoms with Gasteiger partial charge in [-0.25, -0.2) is 9.37 Å². The Kier molecular flexibility index (Phi) is 9.47. The lowest BCUT2D eigenvalue weighted by Gasteiger charge is -2.36. The molecule has 5 heterocycles. The number of H-pyrrole nitrogens is 1. The molecule has 0 spiro atoms. The molecule has 0 aliphatic carbocycles. The minimum Gasteiger partial charge on any atom is -0.496 e. The molecule has 51 heavy (non-hydrogen) atoms. The van der Waals surface area contributed by atoms with E-state index >= 15 is 4.39 Å². The zero-order chi connectivity index (χ0) is 35.5. The third kappa shape index (κ3) is 6.64. The monoisotopic (exact) mass is 691 g/mol. The zero-order valence-corrected chi connectivity index (χ0v) is 28.2. The van der Waals surface area contributed by atoms with Gasteiger partial charge in [-0.1, -0.05) is 24.3 Å². The highest BCUT2D eigenvalue weighted by Gasteiger charge is 2.30. The molecule has 0 radical (unpaired) electrons. The third-order valence-electron chi connectivity index (χ3n) is 9.58. The van der Waals surface area contributed by atoms with Crippen LogP contribution in [-0.2, 0) is 16.0 Å². The van der Waals surface area contributed by atoms with Gasteiger partial charge < -0.3 is 35.6 Å². The quantitative estimate of drug-likeness (QED) is 0.137. The first-order valence-corrected chi connectivity index (χ1v) is 16.9. The number of benzene rings is 2. The number of rotatable bonds is 9. The lowest BCUT2D eigenvalue weighted by molar-refractivity contribution is -0.130. The first kappa shape index (κ1) is 33.4. The normalized spacial score (nSPS) is 16.2. The van der Waals surface area contributed by atoms with Gasteiger partial charge in [-0.05, 0) is 41.8 Å². The van der Waals surface area contributed by atoms with Gasteiger partial charge in [-0.15, -0.1) is 0 Å². The van der Waals surface area contributed by atoms with Crippen LogP contribution in [0.3, 0.4) is 0 Å². The first-order chi connectivity index (χ1) is 24.9. The van der Waals surface area contributed by atoms with E-state index in [9.17, 15) is 14.4 Å². The molecule has 262 valence electrons. The van der Waals surface area contributed by atoms with Crippen LogP contribution in [0.5, 0.6) is 5.75 Å². The third-order valence-corrected chi connectivity index (χ3v) is 9.58. The molecule has 1 saturated heterocycles. The number of amides is 3. The Labute approximate surface area is 293 Å². The SMILES string of the molecule is COc1ccccc1-c1cc(C2=CCCN(C(=O)CCN=C/C=N\N)C2)c(F)c2[nH]c(C(=O)N3CCN(c4ccnc5c4CC(=O)N5)CC3)cc12. The summed E-state index contributed by atoms with van der Waals surface area (Å²) in [5, 5.41) is 6.70. The van der Waals surface area contributed by atoms with Gasteiger partial charge in [0.05, 0.1) is 25.3 Å². The minimum absolute atomic E-state index is 0.0814. The predicted molar refractivity (Wildman–Crippen MR) is 195 cm³/mol. The summed E-state index contributed by atoms with van der Waals surface area (Å²) in [7, 11) is 1.58. The van der Waals surface area contributed by atoms with E-state index in [1.807, 2.05) is 36.4 Å². The largest absolute Gasteiger partial charge is 0.496 e. The van der Waals surface area contributed by atoms with Crippen molar-refractivity contribution in [2.24, 2.45) is 15.9 Å². The smallest absolute Gasteiger partial charge is 0.270 e. The number of hydrazone groups is 1. The maximum absolute atomic E-state index is 16.7. The van der Waals surface area contributed by atoms with Crippen LogP contribution in [0, 0.1) is 5.82 Å². The van der Waals surface area contributed by atoms with Crippen molar-refractivity contribution in [1.82, 2.24) is 19.8 Å². The molecular formula is C37H38FN9O4. The summed E-state index contributed by atoms with van der Waals surface area (Å²) in [6.07, 6.45) is 7.50. The van der Waals surface area contributed by atoms with Crippen molar-refractivity contribution in [1.29, 1.82) is 0 Å². The first-order valence-electron chi connectivity index (χ1n) is 16.9. The van der Waals surface area contributed by atoms with Crippen molar-refractivity contribution in [3.8, 4) is 16.9 Å². The summed E-state index contributed by atoms with van der Waals surface area (Å²) in [4.78, 5) is 56.2. The number of pyridine rings is 1. The number of aromatic amines is 1. The molecule has 0 bridgehead atoms. The van der Waals surface area contributed by atoms with E-state index in [0.717, 1.165) is 16.8 Å². The molecule has 1 fully saturated rings. The number of aliphatic imine (C=N–C) groups is 1. The molecule has 3 aliphatic heterocycles. The molecule has 2 aromatic carbocycles. The van der Waals surface area contributed by atoms with E-state index in [1.165, 1.54) is 12.4 Å². The van der Waals surface area contributed by atoms with E-state index in [1.54, 1.807) is 35.2 Å². The lowest BCUT2D eigenvalue weighted by atomic mass is 9.93. The second-order valence-electron chi connectivity index (χ2n) is 12.6. The highest BCUT2D eigenvalue weighted by Crippen LogP contribution is 2.40. The van der Waals surface area contributed by atoms with E-state index in [-0.39, 0.29) is 54.9 Å². The molecule has 3 amide bonds. The summed E-state index contributed by atoms with van der Waals surface area (Å²) < 4.78 is 22.4. The van der Waals surface area contributed by atoms with Crippen molar-refractivity contribution in [3.05, 3.63) is 77.4 Å². The maximum atomic E-state index is 16.7. The van der Waals surface area contributed by atoms with Crippen molar-refractivity contribution >= 4 is 58.1 Å². The summed E-state index contributed by atoms with van der Waals surface area (Å²) in [6, 6.07) is 12.9. The number of nitrogens with one attached hydrogen (secondary N) is 2. The number of anilines is 2. The van der Waals surface area contributed by atoms with Crippen LogP contribution < -0.4 is 20.8 Å². The minimum atomic E-state index is -0.492. The maximum Gasteiger partial charge on any atom is 0.270 e. The van der Waals surface area contributed by atoms with Gasteiger partial charge in [0.1, 0.15) is 17.3 Å². The molecule has 0 atom stereocenters. The van der Waals surface area contributed by atoms with Gasteiger partial charge in [0, 0.05) is 92.4 Å². The van der Waals surface area contributed by atoms with E-state index in [2.05, 4.69) is 30.3 Å². The average Bonchev–Trinajstić information content (AvgIpc) is 3.79. The fourth-order valence-corrected chi connectivity index (χ4v) is 7.05. The molecule has 14 heteroatoms. The molecule has 0 saturated carbocycles. The Morgan fingerprint density at radius 2 is 1.86 bits per heavy atom. The Hall–Kier alpha value is -6.05. The molecular weight excluding hydrogens is 653 g/mol. The molecule has 0 unspecified atom stereocenters. The molecule has 4 aromatic rings. The van der Waals surface area contributed by atoms with Gasteiger partial charge in [-0.2, -0.15) is 5.10 Å². The topological polar surface area (TPSA) is 162 Å².